The number of tetrazole rings is 1. The molecule has 0 aliphatic carbocycles. The van der Waals surface area contributed by atoms with Crippen molar-refractivity contribution in [3.05, 3.63) is 46.9 Å². The summed E-state index contributed by atoms with van der Waals surface area (Å²) in [7, 11) is 0. The Labute approximate surface area is 163 Å². The number of nitrogens with one attached hydrogen (secondary N) is 1. The lowest BCUT2D eigenvalue weighted by Crippen LogP contribution is -2.25. The van der Waals surface area contributed by atoms with Crippen LogP contribution in [0.25, 0.3) is 11.4 Å². The van der Waals surface area contributed by atoms with Crippen LogP contribution in [0.3, 0.4) is 0 Å². The first-order valence-corrected chi connectivity index (χ1v) is 9.15. The molecule has 0 fully saturated rings. The summed E-state index contributed by atoms with van der Waals surface area (Å²) in [5.41, 5.74) is 1.44. The van der Waals surface area contributed by atoms with E-state index in [9.17, 15) is 4.79 Å². The standard InChI is InChI=1S/C18H16BrN5O3/c1-11(24-22-17(21-23-24)12-2-4-13(19)5-3-12)18(25)20-14-6-7-15-16(10-14)27-9-8-26-15/h2-7,10-11H,8-9H2,1H3,(H,20,25). The minimum absolute atomic E-state index is 0.258. The van der Waals surface area contributed by atoms with Crippen LogP contribution >= 0.6 is 15.9 Å². The maximum atomic E-state index is 12.6. The number of halogens is 1. The van der Waals surface area contributed by atoms with Crippen LogP contribution in [0.1, 0.15) is 13.0 Å². The fourth-order valence-electron chi connectivity index (χ4n) is 2.58. The summed E-state index contributed by atoms with van der Waals surface area (Å²) in [6.07, 6.45) is 0. The van der Waals surface area contributed by atoms with Gasteiger partial charge in [0.2, 0.25) is 5.82 Å². The molecule has 1 unspecified atom stereocenters. The minimum atomic E-state index is -0.630. The molecule has 9 heteroatoms. The zero-order valence-corrected chi connectivity index (χ0v) is 16.0. The van der Waals surface area contributed by atoms with Crippen molar-refractivity contribution in [3.8, 4) is 22.9 Å². The molecule has 0 spiro atoms. The average Bonchev–Trinajstić information content (AvgIpc) is 3.18. The number of fused-ring (bicyclic) bond motifs is 1. The molecule has 3 aromatic rings. The SMILES string of the molecule is CC(C(=O)Nc1ccc2c(c1)OCCO2)n1nnc(-c2ccc(Br)cc2)n1. The van der Waals surface area contributed by atoms with Crippen LogP contribution in [0.2, 0.25) is 0 Å². The van der Waals surface area contributed by atoms with E-state index < -0.39 is 6.04 Å². The van der Waals surface area contributed by atoms with Gasteiger partial charge in [0.25, 0.3) is 5.91 Å². The lowest BCUT2D eigenvalue weighted by molar-refractivity contribution is -0.119. The van der Waals surface area contributed by atoms with Gasteiger partial charge >= 0.3 is 0 Å². The van der Waals surface area contributed by atoms with Crippen LogP contribution in [-0.4, -0.2) is 39.3 Å². The molecule has 1 atom stereocenters. The lowest BCUT2D eigenvalue weighted by Gasteiger charge is -2.19. The Hall–Kier alpha value is -2.94. The van der Waals surface area contributed by atoms with Crippen molar-refractivity contribution in [2.24, 2.45) is 0 Å². The minimum Gasteiger partial charge on any atom is -0.486 e. The summed E-state index contributed by atoms with van der Waals surface area (Å²) < 4.78 is 12.0. The molecule has 1 aliphatic rings. The van der Waals surface area contributed by atoms with Crippen molar-refractivity contribution in [1.29, 1.82) is 0 Å². The van der Waals surface area contributed by atoms with Crippen LogP contribution in [0.15, 0.2) is 46.9 Å². The van der Waals surface area contributed by atoms with E-state index in [4.69, 9.17) is 9.47 Å². The predicted octanol–water partition coefficient (Wildman–Crippen LogP) is 3.07. The maximum absolute atomic E-state index is 12.6. The monoisotopic (exact) mass is 429 g/mol. The lowest BCUT2D eigenvalue weighted by atomic mass is 10.2. The van der Waals surface area contributed by atoms with Gasteiger partial charge in [0, 0.05) is 21.8 Å². The average molecular weight is 430 g/mol. The van der Waals surface area contributed by atoms with Crippen LogP contribution in [0.4, 0.5) is 5.69 Å². The Morgan fingerprint density at radius 2 is 1.89 bits per heavy atom. The molecule has 1 amide bonds. The molecule has 1 aliphatic heterocycles. The summed E-state index contributed by atoms with van der Waals surface area (Å²) >= 11 is 3.39. The topological polar surface area (TPSA) is 91.2 Å². The van der Waals surface area contributed by atoms with Gasteiger partial charge in [0.05, 0.1) is 0 Å². The molecule has 0 radical (unpaired) electrons. The largest absolute Gasteiger partial charge is 0.486 e. The summed E-state index contributed by atoms with van der Waals surface area (Å²) in [4.78, 5) is 13.8. The first kappa shape index (κ1) is 17.5. The van der Waals surface area contributed by atoms with E-state index in [1.807, 2.05) is 24.3 Å². The molecule has 1 N–H and O–H groups in total. The Kier molecular flexibility index (Phi) is 4.76. The van der Waals surface area contributed by atoms with Gasteiger partial charge < -0.3 is 14.8 Å². The summed E-state index contributed by atoms with van der Waals surface area (Å²) in [5.74, 6) is 1.49. The van der Waals surface area contributed by atoms with Crippen molar-refractivity contribution >= 4 is 27.5 Å². The summed E-state index contributed by atoms with van der Waals surface area (Å²) in [5, 5.41) is 15.2. The second kappa shape index (κ2) is 7.36. The summed E-state index contributed by atoms with van der Waals surface area (Å²) in [6, 6.07) is 12.2. The molecule has 2 heterocycles. The van der Waals surface area contributed by atoms with Gasteiger partial charge in [-0.2, -0.15) is 4.80 Å². The number of hydrogen-bond acceptors (Lipinski definition) is 6. The Balaban J connectivity index is 1.47. The van der Waals surface area contributed by atoms with E-state index >= 15 is 0 Å². The van der Waals surface area contributed by atoms with Crippen molar-refractivity contribution in [1.82, 2.24) is 20.2 Å². The molecule has 1 aromatic heterocycles. The van der Waals surface area contributed by atoms with Gasteiger partial charge in [-0.3, -0.25) is 4.79 Å². The van der Waals surface area contributed by atoms with Crippen LogP contribution < -0.4 is 14.8 Å². The zero-order valence-electron chi connectivity index (χ0n) is 14.4. The number of carbonyl (C=O) groups is 1. The quantitative estimate of drug-likeness (QED) is 0.684. The van der Waals surface area contributed by atoms with Gasteiger partial charge in [0.15, 0.2) is 11.5 Å². The number of amides is 1. The molecule has 8 nitrogen and oxygen atoms in total. The van der Waals surface area contributed by atoms with Gasteiger partial charge in [-0.25, -0.2) is 0 Å². The number of nitrogens with zero attached hydrogens (tertiary/aromatic N) is 4. The van der Waals surface area contributed by atoms with E-state index in [1.54, 1.807) is 25.1 Å². The molecule has 0 saturated carbocycles. The second-order valence-corrected chi connectivity index (χ2v) is 6.88. The Morgan fingerprint density at radius 3 is 2.67 bits per heavy atom. The van der Waals surface area contributed by atoms with Crippen LogP contribution in [-0.2, 0) is 4.79 Å². The number of rotatable bonds is 4. The van der Waals surface area contributed by atoms with Gasteiger partial charge in [-0.15, -0.1) is 10.2 Å². The third-order valence-electron chi connectivity index (χ3n) is 4.07. The molecular weight excluding hydrogens is 414 g/mol. The van der Waals surface area contributed by atoms with E-state index in [1.165, 1.54) is 4.80 Å². The van der Waals surface area contributed by atoms with E-state index in [2.05, 4.69) is 36.7 Å². The van der Waals surface area contributed by atoms with Gasteiger partial charge in [0.1, 0.15) is 19.3 Å². The highest BCUT2D eigenvalue weighted by molar-refractivity contribution is 9.10. The fraction of sp³-hybridized carbons (Fsp3) is 0.222. The number of anilines is 1. The molecule has 138 valence electrons. The summed E-state index contributed by atoms with van der Waals surface area (Å²) in [6.45, 7) is 2.72. The Bertz CT molecular complexity index is 973. The predicted molar refractivity (Wildman–Crippen MR) is 102 cm³/mol. The molecular formula is C18H16BrN5O3. The second-order valence-electron chi connectivity index (χ2n) is 5.96. The molecule has 27 heavy (non-hydrogen) atoms. The third kappa shape index (κ3) is 3.77. The third-order valence-corrected chi connectivity index (χ3v) is 4.59. The van der Waals surface area contributed by atoms with Crippen molar-refractivity contribution in [3.63, 3.8) is 0 Å². The first-order chi connectivity index (χ1) is 13.1. The molecule has 0 saturated heterocycles. The number of carbonyl (C=O) groups excluding carboxylic acids is 1. The van der Waals surface area contributed by atoms with E-state index in [0.717, 1.165) is 10.0 Å². The van der Waals surface area contributed by atoms with Crippen LogP contribution in [0.5, 0.6) is 11.5 Å². The van der Waals surface area contributed by atoms with E-state index in [-0.39, 0.29) is 5.91 Å². The van der Waals surface area contributed by atoms with Gasteiger partial charge in [-0.05, 0) is 48.5 Å². The first-order valence-electron chi connectivity index (χ1n) is 8.36. The number of aromatic nitrogens is 4. The van der Waals surface area contributed by atoms with Crippen molar-refractivity contribution in [2.75, 3.05) is 18.5 Å². The highest BCUT2D eigenvalue weighted by Crippen LogP contribution is 2.32. The molecule has 4 rings (SSSR count). The zero-order chi connectivity index (χ0) is 18.8. The maximum Gasteiger partial charge on any atom is 0.250 e. The van der Waals surface area contributed by atoms with Gasteiger partial charge in [-0.1, -0.05) is 15.9 Å². The highest BCUT2D eigenvalue weighted by Gasteiger charge is 2.20. The highest BCUT2D eigenvalue weighted by atomic mass is 79.9. The smallest absolute Gasteiger partial charge is 0.250 e. The van der Waals surface area contributed by atoms with Crippen molar-refractivity contribution in [2.45, 2.75) is 13.0 Å². The number of ether oxygens (including phenoxy) is 2. The van der Waals surface area contributed by atoms with E-state index in [0.29, 0.717) is 36.2 Å². The normalized spacial score (nSPS) is 13.9. The molecule has 0 bridgehead atoms. The fourth-order valence-corrected chi connectivity index (χ4v) is 2.84. The van der Waals surface area contributed by atoms with Crippen molar-refractivity contribution < 1.29 is 14.3 Å². The number of hydrogen-bond donors (Lipinski definition) is 1. The molecule has 2 aromatic carbocycles. The number of benzene rings is 2. The Morgan fingerprint density at radius 1 is 1.15 bits per heavy atom. The van der Waals surface area contributed by atoms with Crippen LogP contribution in [0, 0.1) is 0 Å².